The Morgan fingerprint density at radius 3 is 2.67 bits per heavy atom. The van der Waals surface area contributed by atoms with Gasteiger partial charge in [-0.25, -0.2) is 0 Å². The van der Waals surface area contributed by atoms with E-state index in [1.165, 1.54) is 0 Å². The number of rotatable bonds is 0. The average Bonchev–Trinajstić information content (AvgIpc) is 1.90. The van der Waals surface area contributed by atoms with Crippen molar-refractivity contribution in [2.45, 2.75) is 12.0 Å². The van der Waals surface area contributed by atoms with E-state index >= 15 is 0 Å². The van der Waals surface area contributed by atoms with E-state index in [1.54, 1.807) is 12.2 Å². The molecule has 0 radical (unpaired) electrons. The highest BCUT2D eigenvalue weighted by Crippen LogP contribution is 2.15. The van der Waals surface area contributed by atoms with Gasteiger partial charge in [-0.05, 0) is 6.08 Å². The van der Waals surface area contributed by atoms with E-state index in [-0.39, 0.29) is 0 Å². The molecule has 0 fully saturated rings. The van der Waals surface area contributed by atoms with E-state index in [1.807, 2.05) is 12.2 Å². The van der Waals surface area contributed by atoms with Crippen molar-refractivity contribution in [1.82, 2.24) is 0 Å². The lowest BCUT2D eigenvalue weighted by molar-refractivity contribution is 0.155. The van der Waals surface area contributed by atoms with Gasteiger partial charge in [-0.1, -0.05) is 24.1 Å². The molecule has 1 atom stereocenters. The molecule has 1 heteroatoms. The Morgan fingerprint density at radius 2 is 2.33 bits per heavy atom. The van der Waals surface area contributed by atoms with E-state index in [4.69, 9.17) is 6.42 Å². The highest BCUT2D eigenvalue weighted by molar-refractivity contribution is 5.27. The van der Waals surface area contributed by atoms with Crippen LogP contribution in [0.15, 0.2) is 24.3 Å². The van der Waals surface area contributed by atoms with Crippen molar-refractivity contribution in [2.75, 3.05) is 0 Å². The lowest BCUT2D eigenvalue weighted by Crippen LogP contribution is -2.22. The first kappa shape index (κ1) is 6.12. The van der Waals surface area contributed by atoms with Crippen LogP contribution in [0, 0.1) is 12.3 Å². The fourth-order valence-electron chi connectivity index (χ4n) is 0.716. The average molecular weight is 120 g/mol. The summed E-state index contributed by atoms with van der Waals surface area (Å²) >= 11 is 0. The highest BCUT2D eigenvalue weighted by atomic mass is 16.3. The molecule has 0 aliphatic heterocycles. The monoisotopic (exact) mass is 120 g/mol. The normalized spacial score (nSPS) is 32.0. The molecule has 1 aliphatic carbocycles. The second-order valence-electron chi connectivity index (χ2n) is 2.06. The predicted octanol–water partition coefficient (Wildman–Crippen LogP) is 0.867. The molecule has 1 rings (SSSR count). The molecule has 0 saturated carbocycles. The Balaban J connectivity index is 2.77. The van der Waals surface area contributed by atoms with Gasteiger partial charge in [0.15, 0.2) is 0 Å². The summed E-state index contributed by atoms with van der Waals surface area (Å²) in [4.78, 5) is 0. The second kappa shape index (κ2) is 2.08. The Morgan fingerprint density at radius 1 is 1.56 bits per heavy atom. The second-order valence-corrected chi connectivity index (χ2v) is 2.06. The molecule has 1 nitrogen and oxygen atoms in total. The van der Waals surface area contributed by atoms with Gasteiger partial charge in [0, 0.05) is 6.42 Å². The maximum atomic E-state index is 9.31. The zero-order valence-electron chi connectivity index (χ0n) is 5.04. The van der Waals surface area contributed by atoms with Crippen LogP contribution in [-0.4, -0.2) is 10.7 Å². The van der Waals surface area contributed by atoms with Crippen molar-refractivity contribution in [3.05, 3.63) is 24.3 Å². The largest absolute Gasteiger partial charge is 0.374 e. The van der Waals surface area contributed by atoms with Crippen LogP contribution >= 0.6 is 0 Å². The lowest BCUT2D eigenvalue weighted by atomic mass is 9.97. The maximum Gasteiger partial charge on any atom is 0.147 e. The van der Waals surface area contributed by atoms with Crippen LogP contribution < -0.4 is 0 Å². The first-order chi connectivity index (χ1) is 4.27. The number of hydrogen-bond acceptors (Lipinski definition) is 1. The molecule has 0 saturated heterocycles. The first-order valence-corrected chi connectivity index (χ1v) is 2.81. The standard InChI is InChI=1S/C8H8O/c1-2-8(9)6-4-3-5-7-8/h1,3-6,9H,7H2. The third-order valence-corrected chi connectivity index (χ3v) is 1.30. The molecule has 0 bridgehead atoms. The Bertz CT molecular complexity index is 195. The minimum absolute atomic E-state index is 0.528. The van der Waals surface area contributed by atoms with Crippen LogP contribution in [-0.2, 0) is 0 Å². The maximum absolute atomic E-state index is 9.31. The Hall–Kier alpha value is -1.00. The minimum atomic E-state index is -1.02. The summed E-state index contributed by atoms with van der Waals surface area (Å²) in [5, 5.41) is 9.31. The molecular weight excluding hydrogens is 112 g/mol. The van der Waals surface area contributed by atoms with Crippen molar-refractivity contribution < 1.29 is 5.11 Å². The van der Waals surface area contributed by atoms with Gasteiger partial charge in [-0.15, -0.1) is 6.42 Å². The molecule has 9 heavy (non-hydrogen) atoms. The van der Waals surface area contributed by atoms with Gasteiger partial charge in [0.2, 0.25) is 0 Å². The van der Waals surface area contributed by atoms with E-state index in [0.29, 0.717) is 6.42 Å². The summed E-state index contributed by atoms with van der Waals surface area (Å²) in [5.74, 6) is 2.30. The number of aliphatic hydroxyl groups is 1. The van der Waals surface area contributed by atoms with Gasteiger partial charge in [-0.2, -0.15) is 0 Å². The van der Waals surface area contributed by atoms with Crippen LogP contribution in [0.3, 0.4) is 0 Å². The zero-order chi connectivity index (χ0) is 6.74. The summed E-state index contributed by atoms with van der Waals surface area (Å²) in [6.45, 7) is 0. The van der Waals surface area contributed by atoms with Crippen LogP contribution in [0.5, 0.6) is 0 Å². The van der Waals surface area contributed by atoms with Crippen molar-refractivity contribution in [3.8, 4) is 12.3 Å². The highest BCUT2D eigenvalue weighted by Gasteiger charge is 2.18. The fraction of sp³-hybridized carbons (Fsp3) is 0.250. The molecule has 0 amide bonds. The first-order valence-electron chi connectivity index (χ1n) is 2.81. The lowest BCUT2D eigenvalue weighted by Gasteiger charge is -2.16. The Kier molecular flexibility index (Phi) is 1.42. The smallest absolute Gasteiger partial charge is 0.147 e. The molecule has 0 spiro atoms. The molecular formula is C8H8O. The summed E-state index contributed by atoms with van der Waals surface area (Å²) in [5.41, 5.74) is -1.02. The Labute approximate surface area is 54.7 Å². The fourth-order valence-corrected chi connectivity index (χ4v) is 0.716. The third-order valence-electron chi connectivity index (χ3n) is 1.30. The van der Waals surface area contributed by atoms with Gasteiger partial charge in [0.25, 0.3) is 0 Å². The van der Waals surface area contributed by atoms with Gasteiger partial charge in [0.05, 0.1) is 0 Å². The summed E-state index contributed by atoms with van der Waals surface area (Å²) in [6.07, 6.45) is 12.7. The molecule has 1 unspecified atom stereocenters. The molecule has 0 aromatic rings. The topological polar surface area (TPSA) is 20.2 Å². The quantitative estimate of drug-likeness (QED) is 0.470. The van der Waals surface area contributed by atoms with Crippen molar-refractivity contribution in [2.24, 2.45) is 0 Å². The molecule has 0 aromatic carbocycles. The van der Waals surface area contributed by atoms with Crippen LogP contribution in [0.25, 0.3) is 0 Å². The van der Waals surface area contributed by atoms with Gasteiger partial charge in [-0.3, -0.25) is 0 Å². The number of hydrogen-bond donors (Lipinski definition) is 1. The van der Waals surface area contributed by atoms with Crippen LogP contribution in [0.1, 0.15) is 6.42 Å². The SMILES string of the molecule is C#CC1(O)C=CC=CC1. The summed E-state index contributed by atoms with van der Waals surface area (Å²) in [6, 6.07) is 0. The molecule has 1 N–H and O–H groups in total. The third kappa shape index (κ3) is 1.22. The van der Waals surface area contributed by atoms with Crippen LogP contribution in [0.4, 0.5) is 0 Å². The van der Waals surface area contributed by atoms with E-state index in [0.717, 1.165) is 0 Å². The van der Waals surface area contributed by atoms with Crippen molar-refractivity contribution in [3.63, 3.8) is 0 Å². The van der Waals surface area contributed by atoms with Gasteiger partial charge in [0.1, 0.15) is 5.60 Å². The molecule has 46 valence electrons. The van der Waals surface area contributed by atoms with Gasteiger partial charge >= 0.3 is 0 Å². The summed E-state index contributed by atoms with van der Waals surface area (Å²) in [7, 11) is 0. The zero-order valence-corrected chi connectivity index (χ0v) is 5.04. The molecule has 0 aromatic heterocycles. The van der Waals surface area contributed by atoms with Crippen molar-refractivity contribution >= 4 is 0 Å². The number of allylic oxidation sites excluding steroid dienone is 2. The molecule has 1 aliphatic rings. The van der Waals surface area contributed by atoms with E-state index in [2.05, 4.69) is 5.92 Å². The summed E-state index contributed by atoms with van der Waals surface area (Å²) < 4.78 is 0. The minimum Gasteiger partial charge on any atom is -0.374 e. The van der Waals surface area contributed by atoms with Crippen molar-refractivity contribution in [1.29, 1.82) is 0 Å². The number of terminal acetylenes is 1. The van der Waals surface area contributed by atoms with Gasteiger partial charge < -0.3 is 5.11 Å². The molecule has 0 heterocycles. The van der Waals surface area contributed by atoms with E-state index in [9.17, 15) is 5.11 Å². The van der Waals surface area contributed by atoms with Crippen LogP contribution in [0.2, 0.25) is 0 Å². The van der Waals surface area contributed by atoms with E-state index < -0.39 is 5.60 Å². The predicted molar refractivity (Wildman–Crippen MR) is 36.7 cm³/mol.